The second-order valence-corrected chi connectivity index (χ2v) is 5.55. The SMILES string of the molecule is Cc1ccc(F)cc1OCc1cccc(CNC(C)C)c1. The highest BCUT2D eigenvalue weighted by Crippen LogP contribution is 2.20. The molecule has 21 heavy (non-hydrogen) atoms. The van der Waals surface area contributed by atoms with E-state index in [9.17, 15) is 4.39 Å². The normalized spacial score (nSPS) is 10.9. The molecule has 2 rings (SSSR count). The van der Waals surface area contributed by atoms with Gasteiger partial charge in [0.15, 0.2) is 0 Å². The van der Waals surface area contributed by atoms with Gasteiger partial charge < -0.3 is 10.1 Å². The molecule has 0 spiro atoms. The molecule has 0 unspecified atom stereocenters. The van der Waals surface area contributed by atoms with Crippen molar-refractivity contribution in [3.8, 4) is 5.75 Å². The number of rotatable bonds is 6. The number of nitrogens with one attached hydrogen (secondary N) is 1. The third-order valence-electron chi connectivity index (χ3n) is 3.25. The van der Waals surface area contributed by atoms with E-state index in [-0.39, 0.29) is 5.82 Å². The van der Waals surface area contributed by atoms with Gasteiger partial charge in [-0.1, -0.05) is 44.2 Å². The monoisotopic (exact) mass is 287 g/mol. The minimum Gasteiger partial charge on any atom is -0.489 e. The molecule has 0 bridgehead atoms. The summed E-state index contributed by atoms with van der Waals surface area (Å²) in [7, 11) is 0. The van der Waals surface area contributed by atoms with E-state index in [1.54, 1.807) is 6.07 Å². The molecule has 0 radical (unpaired) electrons. The average Bonchev–Trinajstić information content (AvgIpc) is 2.46. The molecule has 0 saturated heterocycles. The zero-order valence-electron chi connectivity index (χ0n) is 12.8. The summed E-state index contributed by atoms with van der Waals surface area (Å²) in [6.45, 7) is 7.45. The van der Waals surface area contributed by atoms with Crippen LogP contribution in [-0.2, 0) is 13.2 Å². The van der Waals surface area contributed by atoms with Gasteiger partial charge in [0.1, 0.15) is 18.2 Å². The van der Waals surface area contributed by atoms with Crippen LogP contribution in [0.5, 0.6) is 5.75 Å². The van der Waals surface area contributed by atoms with E-state index >= 15 is 0 Å². The first-order valence-electron chi connectivity index (χ1n) is 7.25. The summed E-state index contributed by atoms with van der Waals surface area (Å²) in [5.74, 6) is 0.325. The Bertz CT molecular complexity index is 596. The van der Waals surface area contributed by atoms with Crippen molar-refractivity contribution in [3.63, 3.8) is 0 Å². The van der Waals surface area contributed by atoms with Gasteiger partial charge in [-0.25, -0.2) is 4.39 Å². The maximum Gasteiger partial charge on any atom is 0.126 e. The highest BCUT2D eigenvalue weighted by atomic mass is 19.1. The van der Waals surface area contributed by atoms with Gasteiger partial charge in [-0.15, -0.1) is 0 Å². The van der Waals surface area contributed by atoms with E-state index in [4.69, 9.17) is 4.74 Å². The van der Waals surface area contributed by atoms with Gasteiger partial charge in [-0.05, 0) is 29.7 Å². The van der Waals surface area contributed by atoms with E-state index in [2.05, 4.69) is 31.3 Å². The Labute approximate surface area is 126 Å². The van der Waals surface area contributed by atoms with Crippen LogP contribution in [0.4, 0.5) is 4.39 Å². The number of hydrogen-bond donors (Lipinski definition) is 1. The molecule has 2 aromatic rings. The van der Waals surface area contributed by atoms with Crippen molar-refractivity contribution in [1.82, 2.24) is 5.32 Å². The fourth-order valence-electron chi connectivity index (χ4n) is 2.04. The Hall–Kier alpha value is -1.87. The summed E-state index contributed by atoms with van der Waals surface area (Å²) in [5, 5.41) is 3.39. The molecule has 112 valence electrons. The van der Waals surface area contributed by atoms with Crippen molar-refractivity contribution < 1.29 is 9.13 Å². The van der Waals surface area contributed by atoms with Crippen LogP contribution in [0.3, 0.4) is 0 Å². The molecule has 1 N–H and O–H groups in total. The third kappa shape index (κ3) is 4.87. The number of ether oxygens (including phenoxy) is 1. The van der Waals surface area contributed by atoms with Crippen LogP contribution >= 0.6 is 0 Å². The molecular formula is C18H22FNO. The van der Waals surface area contributed by atoms with Gasteiger partial charge in [-0.3, -0.25) is 0 Å². The van der Waals surface area contributed by atoms with Crippen LogP contribution in [0, 0.1) is 12.7 Å². The van der Waals surface area contributed by atoms with Gasteiger partial charge in [0, 0.05) is 18.7 Å². The number of hydrogen-bond acceptors (Lipinski definition) is 2. The average molecular weight is 287 g/mol. The lowest BCUT2D eigenvalue weighted by Gasteiger charge is -2.11. The highest BCUT2D eigenvalue weighted by molar-refractivity contribution is 5.33. The van der Waals surface area contributed by atoms with E-state index in [0.29, 0.717) is 18.4 Å². The summed E-state index contributed by atoms with van der Waals surface area (Å²) in [6.07, 6.45) is 0. The van der Waals surface area contributed by atoms with Crippen LogP contribution in [0.25, 0.3) is 0 Å². The van der Waals surface area contributed by atoms with Crippen LogP contribution in [0.2, 0.25) is 0 Å². The largest absolute Gasteiger partial charge is 0.489 e. The van der Waals surface area contributed by atoms with Gasteiger partial charge in [-0.2, -0.15) is 0 Å². The molecule has 0 fully saturated rings. The summed E-state index contributed by atoms with van der Waals surface area (Å²) in [5.41, 5.74) is 3.25. The van der Waals surface area contributed by atoms with Crippen molar-refractivity contribution in [3.05, 3.63) is 65.0 Å². The minimum absolute atomic E-state index is 0.273. The zero-order valence-corrected chi connectivity index (χ0v) is 12.8. The third-order valence-corrected chi connectivity index (χ3v) is 3.25. The highest BCUT2D eigenvalue weighted by Gasteiger charge is 2.03. The Balaban J connectivity index is 1.99. The smallest absolute Gasteiger partial charge is 0.126 e. The van der Waals surface area contributed by atoms with E-state index in [1.165, 1.54) is 17.7 Å². The predicted molar refractivity (Wildman–Crippen MR) is 83.9 cm³/mol. The molecule has 0 aliphatic carbocycles. The lowest BCUT2D eigenvalue weighted by atomic mass is 10.1. The first-order valence-corrected chi connectivity index (χ1v) is 7.25. The molecule has 2 aromatic carbocycles. The Morgan fingerprint density at radius 2 is 1.86 bits per heavy atom. The van der Waals surface area contributed by atoms with Crippen molar-refractivity contribution >= 4 is 0 Å². The molecule has 0 heterocycles. The lowest BCUT2D eigenvalue weighted by Crippen LogP contribution is -2.21. The number of benzene rings is 2. The second kappa shape index (κ2) is 7.23. The summed E-state index contributed by atoms with van der Waals surface area (Å²) < 4.78 is 18.9. The maximum atomic E-state index is 13.2. The zero-order chi connectivity index (χ0) is 15.2. The van der Waals surface area contributed by atoms with Crippen LogP contribution in [0.15, 0.2) is 42.5 Å². The first kappa shape index (κ1) is 15.5. The van der Waals surface area contributed by atoms with Gasteiger partial charge in [0.25, 0.3) is 0 Å². The summed E-state index contributed by atoms with van der Waals surface area (Å²) in [4.78, 5) is 0. The molecular weight excluding hydrogens is 265 g/mol. The molecule has 0 saturated carbocycles. The quantitative estimate of drug-likeness (QED) is 0.859. The minimum atomic E-state index is -0.273. The molecule has 0 atom stereocenters. The molecule has 3 heteroatoms. The van der Waals surface area contributed by atoms with E-state index in [0.717, 1.165) is 17.7 Å². The standard InChI is InChI=1S/C18H22FNO/c1-13(2)20-11-15-5-4-6-16(9-15)12-21-18-10-17(19)8-7-14(18)3/h4-10,13,20H,11-12H2,1-3H3. The fourth-order valence-corrected chi connectivity index (χ4v) is 2.04. The Morgan fingerprint density at radius 3 is 2.62 bits per heavy atom. The van der Waals surface area contributed by atoms with Gasteiger partial charge in [0.2, 0.25) is 0 Å². The number of halogens is 1. The van der Waals surface area contributed by atoms with Crippen LogP contribution in [-0.4, -0.2) is 6.04 Å². The molecule has 0 aliphatic heterocycles. The van der Waals surface area contributed by atoms with Gasteiger partial charge in [0.05, 0.1) is 0 Å². The van der Waals surface area contributed by atoms with Crippen molar-refractivity contribution in [2.45, 2.75) is 40.0 Å². The molecule has 0 amide bonds. The van der Waals surface area contributed by atoms with E-state index < -0.39 is 0 Å². The topological polar surface area (TPSA) is 21.3 Å². The molecule has 0 aliphatic rings. The fraction of sp³-hybridized carbons (Fsp3) is 0.333. The Kier molecular flexibility index (Phi) is 5.34. The Morgan fingerprint density at radius 1 is 1.10 bits per heavy atom. The van der Waals surface area contributed by atoms with Crippen LogP contribution < -0.4 is 10.1 Å². The number of aryl methyl sites for hydroxylation is 1. The molecule has 0 aromatic heterocycles. The second-order valence-electron chi connectivity index (χ2n) is 5.55. The lowest BCUT2D eigenvalue weighted by molar-refractivity contribution is 0.302. The van der Waals surface area contributed by atoms with Crippen molar-refractivity contribution in [2.24, 2.45) is 0 Å². The molecule has 2 nitrogen and oxygen atoms in total. The first-order chi connectivity index (χ1) is 10.0. The summed E-state index contributed by atoms with van der Waals surface area (Å²) >= 11 is 0. The maximum absolute atomic E-state index is 13.2. The van der Waals surface area contributed by atoms with Crippen molar-refractivity contribution in [2.75, 3.05) is 0 Å². The predicted octanol–water partition coefficient (Wildman–Crippen LogP) is 4.21. The van der Waals surface area contributed by atoms with E-state index in [1.807, 2.05) is 19.1 Å². The van der Waals surface area contributed by atoms with Crippen molar-refractivity contribution in [1.29, 1.82) is 0 Å². The van der Waals surface area contributed by atoms with Gasteiger partial charge >= 0.3 is 0 Å². The summed E-state index contributed by atoms with van der Waals surface area (Å²) in [6, 6.07) is 13.3. The van der Waals surface area contributed by atoms with Crippen LogP contribution in [0.1, 0.15) is 30.5 Å².